The maximum atomic E-state index is 13.0. The number of likely N-dealkylation sites (tertiary alicyclic amines) is 1. The van der Waals surface area contributed by atoms with E-state index in [0.29, 0.717) is 13.2 Å². The topological polar surface area (TPSA) is 92.9 Å². The second kappa shape index (κ2) is 4.43. The lowest BCUT2D eigenvalue weighted by atomic mass is 9.47. The van der Waals surface area contributed by atoms with Gasteiger partial charge in [0.15, 0.2) is 0 Å². The first-order chi connectivity index (χ1) is 9.71. The number of nitrogens with zero attached hydrogens (tertiary/aromatic N) is 1. The van der Waals surface area contributed by atoms with Gasteiger partial charge in [0.25, 0.3) is 0 Å². The van der Waals surface area contributed by atoms with Gasteiger partial charge >= 0.3 is 5.97 Å². The Kier molecular flexibility index (Phi) is 3.12. The third-order valence-corrected chi connectivity index (χ3v) is 6.02. The molecule has 1 aliphatic carbocycles. The van der Waals surface area contributed by atoms with Gasteiger partial charge in [-0.05, 0) is 12.3 Å². The molecule has 6 heteroatoms. The molecule has 3 N–H and O–H groups in total. The van der Waals surface area contributed by atoms with Crippen LogP contribution in [0.3, 0.4) is 0 Å². The van der Waals surface area contributed by atoms with Crippen molar-refractivity contribution in [3.8, 4) is 0 Å². The number of fused-ring (bicyclic) bond motifs is 1. The smallest absolute Gasteiger partial charge is 0.308 e. The fourth-order valence-electron chi connectivity index (χ4n) is 4.53. The van der Waals surface area contributed by atoms with Crippen LogP contribution >= 0.6 is 0 Å². The normalized spacial score (nSPS) is 44.3. The lowest BCUT2D eigenvalue weighted by molar-refractivity contribution is -0.183. The van der Waals surface area contributed by atoms with Crippen LogP contribution in [0.2, 0.25) is 0 Å². The largest absolute Gasteiger partial charge is 0.481 e. The predicted octanol–water partition coefficient (Wildman–Crippen LogP) is 0.308. The van der Waals surface area contributed by atoms with Crippen LogP contribution in [-0.4, -0.2) is 53.2 Å². The Morgan fingerprint density at radius 1 is 1.33 bits per heavy atom. The van der Waals surface area contributed by atoms with Gasteiger partial charge in [0.05, 0.1) is 12.0 Å². The first-order valence-electron chi connectivity index (χ1n) is 7.64. The van der Waals surface area contributed by atoms with E-state index < -0.39 is 22.8 Å². The average molecular weight is 296 g/mol. The van der Waals surface area contributed by atoms with Crippen molar-refractivity contribution in [1.29, 1.82) is 0 Å². The van der Waals surface area contributed by atoms with Gasteiger partial charge in [-0.15, -0.1) is 0 Å². The number of hydrogen-bond acceptors (Lipinski definition) is 4. The molecule has 21 heavy (non-hydrogen) atoms. The van der Waals surface area contributed by atoms with Gasteiger partial charge in [-0.25, -0.2) is 0 Å². The van der Waals surface area contributed by atoms with Crippen molar-refractivity contribution in [1.82, 2.24) is 4.90 Å². The standard InChI is InChI=1S/C15H24N2O4/c1-8-6-17(7-9(8)12(18)19)13(20)15(16)10-4-5-21-11(10)14(15,2)3/h8-11H,4-7,16H2,1-3H3,(H,18,19)/t8-,9-,10?,11?,15?/m1/s1. The summed E-state index contributed by atoms with van der Waals surface area (Å²) in [6.45, 7) is 7.23. The van der Waals surface area contributed by atoms with Gasteiger partial charge in [0.2, 0.25) is 5.91 Å². The molecule has 2 saturated heterocycles. The van der Waals surface area contributed by atoms with E-state index in [9.17, 15) is 14.7 Å². The summed E-state index contributed by atoms with van der Waals surface area (Å²) in [6, 6.07) is 0. The molecule has 3 unspecified atom stereocenters. The van der Waals surface area contributed by atoms with Gasteiger partial charge in [-0.3, -0.25) is 9.59 Å². The molecule has 0 bridgehead atoms. The lowest BCUT2D eigenvalue weighted by Gasteiger charge is -2.61. The minimum absolute atomic E-state index is 0.0335. The van der Waals surface area contributed by atoms with Gasteiger partial charge in [-0.2, -0.15) is 0 Å². The molecule has 118 valence electrons. The Balaban J connectivity index is 1.81. The predicted molar refractivity (Wildman–Crippen MR) is 75.4 cm³/mol. The SMILES string of the molecule is C[C@@H]1CN(C(=O)C2(N)C3CCOC3C2(C)C)C[C@H]1C(=O)O. The van der Waals surface area contributed by atoms with E-state index in [4.69, 9.17) is 10.5 Å². The summed E-state index contributed by atoms with van der Waals surface area (Å²) in [5.41, 5.74) is 5.20. The molecule has 0 aromatic carbocycles. The Labute approximate surface area is 124 Å². The molecule has 6 nitrogen and oxygen atoms in total. The van der Waals surface area contributed by atoms with Gasteiger partial charge in [0, 0.05) is 31.0 Å². The molecule has 1 amide bonds. The molecule has 3 fully saturated rings. The zero-order valence-corrected chi connectivity index (χ0v) is 12.8. The first kappa shape index (κ1) is 14.8. The third-order valence-electron chi connectivity index (χ3n) is 6.02. The summed E-state index contributed by atoms with van der Waals surface area (Å²) in [6.07, 6.45) is 0.851. The number of carboxylic acid groups (broad SMARTS) is 1. The Bertz CT molecular complexity index is 492. The van der Waals surface area contributed by atoms with Crippen LogP contribution in [0, 0.1) is 23.2 Å². The summed E-state index contributed by atoms with van der Waals surface area (Å²) in [5.74, 6) is -1.40. The summed E-state index contributed by atoms with van der Waals surface area (Å²) in [4.78, 5) is 25.9. The molecule has 3 aliphatic rings. The van der Waals surface area contributed by atoms with Crippen LogP contribution in [0.25, 0.3) is 0 Å². The molecular formula is C15H24N2O4. The number of hydrogen-bond donors (Lipinski definition) is 2. The van der Waals surface area contributed by atoms with E-state index >= 15 is 0 Å². The quantitative estimate of drug-likeness (QED) is 0.765. The minimum Gasteiger partial charge on any atom is -0.481 e. The number of ether oxygens (including phenoxy) is 1. The van der Waals surface area contributed by atoms with Crippen molar-refractivity contribution in [3.05, 3.63) is 0 Å². The Morgan fingerprint density at radius 2 is 2.00 bits per heavy atom. The van der Waals surface area contributed by atoms with Crippen molar-refractivity contribution in [2.24, 2.45) is 28.9 Å². The molecule has 0 radical (unpaired) electrons. The van der Waals surface area contributed by atoms with Crippen molar-refractivity contribution in [2.75, 3.05) is 19.7 Å². The molecule has 0 aromatic rings. The van der Waals surface area contributed by atoms with Gasteiger partial charge in [0.1, 0.15) is 5.54 Å². The van der Waals surface area contributed by atoms with Crippen LogP contribution < -0.4 is 5.73 Å². The van der Waals surface area contributed by atoms with Gasteiger partial charge in [-0.1, -0.05) is 20.8 Å². The summed E-state index contributed by atoms with van der Waals surface area (Å²) >= 11 is 0. The maximum Gasteiger partial charge on any atom is 0.308 e. The van der Waals surface area contributed by atoms with Crippen LogP contribution in [0.4, 0.5) is 0 Å². The van der Waals surface area contributed by atoms with Crippen LogP contribution in [-0.2, 0) is 14.3 Å². The third kappa shape index (κ3) is 1.72. The highest BCUT2D eigenvalue weighted by Crippen LogP contribution is 2.58. The van der Waals surface area contributed by atoms with Crippen molar-refractivity contribution < 1.29 is 19.4 Å². The zero-order chi connectivity index (χ0) is 15.6. The molecular weight excluding hydrogens is 272 g/mol. The van der Waals surface area contributed by atoms with E-state index in [1.54, 1.807) is 4.90 Å². The van der Waals surface area contributed by atoms with Crippen molar-refractivity contribution in [3.63, 3.8) is 0 Å². The molecule has 0 spiro atoms. The van der Waals surface area contributed by atoms with Crippen molar-refractivity contribution in [2.45, 2.75) is 38.8 Å². The number of carbonyl (C=O) groups excluding carboxylic acids is 1. The second-order valence-corrected chi connectivity index (χ2v) is 7.41. The lowest BCUT2D eigenvalue weighted by Crippen LogP contribution is -2.80. The molecule has 2 aliphatic heterocycles. The first-order valence-corrected chi connectivity index (χ1v) is 7.64. The number of rotatable bonds is 2. The fraction of sp³-hybridized carbons (Fsp3) is 0.867. The van der Waals surface area contributed by atoms with E-state index in [0.717, 1.165) is 6.42 Å². The number of amides is 1. The molecule has 1 saturated carbocycles. The number of nitrogens with two attached hydrogens (primary N) is 1. The highest BCUT2D eigenvalue weighted by molar-refractivity contribution is 5.90. The van der Waals surface area contributed by atoms with E-state index in [2.05, 4.69) is 0 Å². The molecule has 3 rings (SSSR count). The number of carboxylic acids is 1. The average Bonchev–Trinajstić information content (AvgIpc) is 3.02. The summed E-state index contributed by atoms with van der Waals surface area (Å²) < 4.78 is 5.71. The molecule has 2 heterocycles. The number of aliphatic carboxylic acids is 1. The maximum absolute atomic E-state index is 13.0. The van der Waals surface area contributed by atoms with E-state index in [1.165, 1.54) is 0 Å². The monoisotopic (exact) mass is 296 g/mol. The Hall–Kier alpha value is -1.14. The van der Waals surface area contributed by atoms with E-state index in [1.807, 2.05) is 20.8 Å². The van der Waals surface area contributed by atoms with Crippen LogP contribution in [0.5, 0.6) is 0 Å². The Morgan fingerprint density at radius 3 is 2.57 bits per heavy atom. The summed E-state index contributed by atoms with van der Waals surface area (Å²) in [7, 11) is 0. The highest BCUT2D eigenvalue weighted by Gasteiger charge is 2.72. The molecule has 0 aromatic heterocycles. The van der Waals surface area contributed by atoms with Crippen LogP contribution in [0.15, 0.2) is 0 Å². The second-order valence-electron chi connectivity index (χ2n) is 7.41. The highest BCUT2D eigenvalue weighted by atomic mass is 16.5. The van der Waals surface area contributed by atoms with Crippen molar-refractivity contribution >= 4 is 11.9 Å². The van der Waals surface area contributed by atoms with Crippen LogP contribution in [0.1, 0.15) is 27.2 Å². The minimum atomic E-state index is -0.929. The van der Waals surface area contributed by atoms with Gasteiger partial charge < -0.3 is 20.5 Å². The summed E-state index contributed by atoms with van der Waals surface area (Å²) in [5, 5.41) is 9.22. The zero-order valence-electron chi connectivity index (χ0n) is 12.8. The fourth-order valence-corrected chi connectivity index (χ4v) is 4.53. The number of carbonyl (C=O) groups is 2. The molecule has 5 atom stereocenters. The van der Waals surface area contributed by atoms with E-state index in [-0.39, 0.29) is 30.4 Å².